The summed E-state index contributed by atoms with van der Waals surface area (Å²) < 4.78 is 0. The standard InChI is InChI=1S/C14H17N3S/c1-4-15-14-16-8-7-13(17-14)18-12-6-5-10(2)9-11(12)3/h5-9H,4H2,1-3H3,(H,15,16,17). The van der Waals surface area contributed by atoms with Crippen LogP contribution in [0.15, 0.2) is 40.4 Å². The first kappa shape index (κ1) is 12.9. The van der Waals surface area contributed by atoms with Gasteiger partial charge < -0.3 is 5.32 Å². The van der Waals surface area contributed by atoms with E-state index in [-0.39, 0.29) is 0 Å². The molecule has 1 N–H and O–H groups in total. The summed E-state index contributed by atoms with van der Waals surface area (Å²) in [6, 6.07) is 8.39. The molecule has 0 atom stereocenters. The normalized spacial score (nSPS) is 10.4. The first-order valence-corrected chi connectivity index (χ1v) is 6.82. The predicted octanol–water partition coefficient (Wildman–Crippen LogP) is 3.68. The fourth-order valence-corrected chi connectivity index (χ4v) is 2.51. The van der Waals surface area contributed by atoms with E-state index in [1.165, 1.54) is 16.0 Å². The van der Waals surface area contributed by atoms with Gasteiger partial charge in [0.25, 0.3) is 0 Å². The number of aromatic nitrogens is 2. The number of benzene rings is 1. The van der Waals surface area contributed by atoms with E-state index in [4.69, 9.17) is 0 Å². The number of nitrogens with zero attached hydrogens (tertiary/aromatic N) is 2. The van der Waals surface area contributed by atoms with Crippen LogP contribution < -0.4 is 5.32 Å². The smallest absolute Gasteiger partial charge is 0.223 e. The lowest BCUT2D eigenvalue weighted by molar-refractivity contribution is 1.01. The van der Waals surface area contributed by atoms with Gasteiger partial charge in [0.05, 0.1) is 0 Å². The van der Waals surface area contributed by atoms with Gasteiger partial charge in [0.1, 0.15) is 5.03 Å². The molecule has 0 bridgehead atoms. The molecule has 94 valence electrons. The van der Waals surface area contributed by atoms with E-state index in [2.05, 4.69) is 47.3 Å². The molecule has 0 spiro atoms. The molecule has 0 unspecified atom stereocenters. The minimum Gasteiger partial charge on any atom is -0.354 e. The van der Waals surface area contributed by atoms with Crippen molar-refractivity contribution in [3.8, 4) is 0 Å². The van der Waals surface area contributed by atoms with E-state index in [1.807, 2.05) is 13.0 Å². The van der Waals surface area contributed by atoms with E-state index in [0.29, 0.717) is 5.95 Å². The van der Waals surface area contributed by atoms with Gasteiger partial charge in [0.2, 0.25) is 5.95 Å². The molecule has 18 heavy (non-hydrogen) atoms. The van der Waals surface area contributed by atoms with Gasteiger partial charge in [-0.1, -0.05) is 29.5 Å². The Morgan fingerprint density at radius 1 is 1.22 bits per heavy atom. The zero-order valence-electron chi connectivity index (χ0n) is 10.9. The van der Waals surface area contributed by atoms with Crippen molar-refractivity contribution in [2.45, 2.75) is 30.7 Å². The van der Waals surface area contributed by atoms with Crippen molar-refractivity contribution in [1.29, 1.82) is 0 Å². The zero-order valence-corrected chi connectivity index (χ0v) is 11.7. The van der Waals surface area contributed by atoms with Gasteiger partial charge in [0, 0.05) is 17.6 Å². The Hall–Kier alpha value is -1.55. The Balaban J connectivity index is 2.20. The number of anilines is 1. The highest BCUT2D eigenvalue weighted by Gasteiger charge is 2.04. The molecule has 0 radical (unpaired) electrons. The Morgan fingerprint density at radius 3 is 2.78 bits per heavy atom. The highest BCUT2D eigenvalue weighted by atomic mass is 32.2. The van der Waals surface area contributed by atoms with E-state index in [9.17, 15) is 0 Å². The van der Waals surface area contributed by atoms with E-state index in [0.717, 1.165) is 11.6 Å². The van der Waals surface area contributed by atoms with Crippen LogP contribution >= 0.6 is 11.8 Å². The van der Waals surface area contributed by atoms with Gasteiger partial charge in [-0.15, -0.1) is 0 Å². The number of nitrogens with one attached hydrogen (secondary N) is 1. The molecule has 1 aromatic carbocycles. The monoisotopic (exact) mass is 259 g/mol. The van der Waals surface area contributed by atoms with Crippen LogP contribution in [0.3, 0.4) is 0 Å². The largest absolute Gasteiger partial charge is 0.354 e. The fraction of sp³-hybridized carbons (Fsp3) is 0.286. The molecule has 1 aromatic heterocycles. The average Bonchev–Trinajstić information content (AvgIpc) is 2.34. The second kappa shape index (κ2) is 5.87. The van der Waals surface area contributed by atoms with Crippen molar-refractivity contribution in [1.82, 2.24) is 9.97 Å². The maximum absolute atomic E-state index is 4.46. The Kier molecular flexibility index (Phi) is 4.20. The zero-order chi connectivity index (χ0) is 13.0. The maximum atomic E-state index is 4.46. The quantitative estimate of drug-likeness (QED) is 0.850. The highest BCUT2D eigenvalue weighted by molar-refractivity contribution is 7.99. The second-order valence-corrected chi connectivity index (χ2v) is 5.18. The molecule has 0 aliphatic carbocycles. The Bertz CT molecular complexity index is 540. The van der Waals surface area contributed by atoms with Crippen molar-refractivity contribution >= 4 is 17.7 Å². The number of hydrogen-bond donors (Lipinski definition) is 1. The van der Waals surface area contributed by atoms with Crippen molar-refractivity contribution in [2.75, 3.05) is 11.9 Å². The summed E-state index contributed by atoms with van der Waals surface area (Å²) in [6.45, 7) is 7.10. The summed E-state index contributed by atoms with van der Waals surface area (Å²) in [4.78, 5) is 9.87. The van der Waals surface area contributed by atoms with E-state index in [1.54, 1.807) is 18.0 Å². The number of hydrogen-bond acceptors (Lipinski definition) is 4. The van der Waals surface area contributed by atoms with E-state index < -0.39 is 0 Å². The molecule has 0 aliphatic rings. The highest BCUT2D eigenvalue weighted by Crippen LogP contribution is 2.29. The average molecular weight is 259 g/mol. The summed E-state index contributed by atoms with van der Waals surface area (Å²) in [5.41, 5.74) is 2.57. The lowest BCUT2D eigenvalue weighted by Gasteiger charge is -2.07. The third-order valence-electron chi connectivity index (χ3n) is 2.51. The molecular weight excluding hydrogens is 242 g/mol. The molecule has 0 saturated heterocycles. The summed E-state index contributed by atoms with van der Waals surface area (Å²) >= 11 is 1.67. The number of aryl methyl sites for hydroxylation is 2. The van der Waals surface area contributed by atoms with Gasteiger partial charge in [-0.05, 0) is 38.5 Å². The summed E-state index contributed by atoms with van der Waals surface area (Å²) in [5.74, 6) is 0.687. The van der Waals surface area contributed by atoms with Gasteiger partial charge in [-0.25, -0.2) is 9.97 Å². The lowest BCUT2D eigenvalue weighted by Crippen LogP contribution is -2.01. The minimum atomic E-state index is 0.687. The fourth-order valence-electron chi connectivity index (χ4n) is 1.67. The third kappa shape index (κ3) is 3.23. The van der Waals surface area contributed by atoms with Crippen LogP contribution in [0.4, 0.5) is 5.95 Å². The molecule has 4 heteroatoms. The SMILES string of the molecule is CCNc1nccc(Sc2ccc(C)cc2C)n1. The lowest BCUT2D eigenvalue weighted by atomic mass is 10.2. The van der Waals surface area contributed by atoms with Gasteiger partial charge in [-0.2, -0.15) is 0 Å². The molecule has 0 saturated carbocycles. The van der Waals surface area contributed by atoms with Crippen LogP contribution in [0.2, 0.25) is 0 Å². The maximum Gasteiger partial charge on any atom is 0.223 e. The van der Waals surface area contributed by atoms with Crippen LogP contribution in [-0.4, -0.2) is 16.5 Å². The van der Waals surface area contributed by atoms with E-state index >= 15 is 0 Å². The van der Waals surface area contributed by atoms with Gasteiger partial charge >= 0.3 is 0 Å². The van der Waals surface area contributed by atoms with Crippen molar-refractivity contribution < 1.29 is 0 Å². The molecule has 2 aromatic rings. The van der Waals surface area contributed by atoms with Crippen LogP contribution in [0.1, 0.15) is 18.1 Å². The third-order valence-corrected chi connectivity index (χ3v) is 3.62. The van der Waals surface area contributed by atoms with Crippen LogP contribution in [0, 0.1) is 13.8 Å². The Morgan fingerprint density at radius 2 is 2.06 bits per heavy atom. The minimum absolute atomic E-state index is 0.687. The summed E-state index contributed by atoms with van der Waals surface area (Å²) in [5, 5.41) is 4.09. The molecule has 0 fully saturated rings. The van der Waals surface area contributed by atoms with Crippen molar-refractivity contribution in [3.63, 3.8) is 0 Å². The molecular formula is C14H17N3S. The van der Waals surface area contributed by atoms with Crippen LogP contribution in [0.5, 0.6) is 0 Å². The molecule has 3 nitrogen and oxygen atoms in total. The molecule has 1 heterocycles. The van der Waals surface area contributed by atoms with Crippen LogP contribution in [0.25, 0.3) is 0 Å². The number of rotatable bonds is 4. The van der Waals surface area contributed by atoms with Gasteiger partial charge in [-0.3, -0.25) is 0 Å². The first-order valence-electron chi connectivity index (χ1n) is 6.01. The first-order chi connectivity index (χ1) is 8.69. The van der Waals surface area contributed by atoms with Crippen molar-refractivity contribution in [2.24, 2.45) is 0 Å². The topological polar surface area (TPSA) is 37.8 Å². The predicted molar refractivity (Wildman–Crippen MR) is 76.2 cm³/mol. The second-order valence-electron chi connectivity index (χ2n) is 4.12. The van der Waals surface area contributed by atoms with Gasteiger partial charge in [0.15, 0.2) is 0 Å². The molecule has 2 rings (SSSR count). The van der Waals surface area contributed by atoms with Crippen LogP contribution in [-0.2, 0) is 0 Å². The molecule has 0 aliphatic heterocycles. The molecule has 0 amide bonds. The Labute approximate surface area is 112 Å². The summed E-state index contributed by atoms with van der Waals surface area (Å²) in [6.07, 6.45) is 1.79. The summed E-state index contributed by atoms with van der Waals surface area (Å²) in [7, 11) is 0. The van der Waals surface area contributed by atoms with Crippen molar-refractivity contribution in [3.05, 3.63) is 41.6 Å².